The largest absolute Gasteiger partial charge is 0.402 e. The summed E-state index contributed by atoms with van der Waals surface area (Å²) in [6.07, 6.45) is 3.95. The fourth-order valence-electron chi connectivity index (χ4n) is 1.17. The molecule has 0 aliphatic rings. The molecule has 0 saturated heterocycles. The van der Waals surface area contributed by atoms with Crippen molar-refractivity contribution in [3.8, 4) is 0 Å². The molecule has 0 bridgehead atoms. The molecule has 16 heavy (non-hydrogen) atoms. The summed E-state index contributed by atoms with van der Waals surface area (Å²) in [7, 11) is 0. The maximum Gasteiger partial charge on any atom is 0.141 e. The monoisotopic (exact) mass is 259 g/mol. The van der Waals surface area contributed by atoms with Crippen LogP contribution in [0.1, 0.15) is 12.5 Å². The normalized spacial score (nSPS) is 13.0. The Bertz CT molecular complexity index is 435. The van der Waals surface area contributed by atoms with Crippen LogP contribution in [-0.2, 0) is 6.42 Å². The molecule has 0 aromatic heterocycles. The van der Waals surface area contributed by atoms with E-state index in [4.69, 9.17) is 28.9 Å². The van der Waals surface area contributed by atoms with Crippen LogP contribution in [0.2, 0.25) is 5.02 Å². The summed E-state index contributed by atoms with van der Waals surface area (Å²) in [4.78, 5) is 0. The Hall–Kier alpha value is -0.990. The third-order valence-corrected chi connectivity index (χ3v) is 2.33. The maximum atomic E-state index is 12.9. The maximum absolute atomic E-state index is 12.9. The topological polar surface area (TPSA) is 26.0 Å². The summed E-state index contributed by atoms with van der Waals surface area (Å²) in [5.74, 6) is -0.426. The first-order valence-corrected chi connectivity index (χ1v) is 5.47. The highest BCUT2D eigenvalue weighted by Crippen LogP contribution is 2.17. The molecule has 0 fully saturated rings. The minimum absolute atomic E-state index is 0.106. The molecule has 0 unspecified atom stereocenters. The lowest BCUT2D eigenvalue weighted by Gasteiger charge is -2.02. The molecule has 0 heterocycles. The van der Waals surface area contributed by atoms with Crippen LogP contribution in [0.4, 0.5) is 4.39 Å². The van der Waals surface area contributed by atoms with Gasteiger partial charge in [-0.15, -0.1) is 0 Å². The molecular weight excluding hydrogens is 248 g/mol. The van der Waals surface area contributed by atoms with Gasteiger partial charge < -0.3 is 5.73 Å². The Morgan fingerprint density at radius 1 is 1.44 bits per heavy atom. The number of allylic oxidation sites excluding steroid dienone is 4. The molecule has 0 amide bonds. The first kappa shape index (κ1) is 13.1. The second-order valence-electron chi connectivity index (χ2n) is 3.42. The van der Waals surface area contributed by atoms with Crippen LogP contribution >= 0.6 is 23.2 Å². The van der Waals surface area contributed by atoms with Gasteiger partial charge in [-0.2, -0.15) is 0 Å². The van der Waals surface area contributed by atoms with Gasteiger partial charge in [-0.25, -0.2) is 4.39 Å². The second kappa shape index (κ2) is 5.92. The summed E-state index contributed by atoms with van der Waals surface area (Å²) in [6.45, 7) is 1.76. The standard InChI is InChI=1S/C12H12Cl2FN/c1-8(13)2-4-10(16)6-9-3-5-12(15)11(14)7-9/h2-5,7H,6,16H2,1H3/b8-2+,10-4-. The van der Waals surface area contributed by atoms with Crippen LogP contribution in [0.25, 0.3) is 0 Å². The lowest BCUT2D eigenvalue weighted by atomic mass is 10.1. The highest BCUT2D eigenvalue weighted by atomic mass is 35.5. The van der Waals surface area contributed by atoms with E-state index >= 15 is 0 Å². The predicted molar refractivity (Wildman–Crippen MR) is 67.0 cm³/mol. The smallest absolute Gasteiger partial charge is 0.141 e. The van der Waals surface area contributed by atoms with Crippen LogP contribution in [0, 0.1) is 5.82 Å². The zero-order valence-corrected chi connectivity index (χ0v) is 10.3. The quantitative estimate of drug-likeness (QED) is 0.816. The molecule has 0 radical (unpaired) electrons. The van der Waals surface area contributed by atoms with Crippen LogP contribution in [0.3, 0.4) is 0 Å². The number of rotatable bonds is 3. The summed E-state index contributed by atoms with van der Waals surface area (Å²) < 4.78 is 12.9. The van der Waals surface area contributed by atoms with E-state index < -0.39 is 5.82 Å². The van der Waals surface area contributed by atoms with Crippen molar-refractivity contribution in [2.75, 3.05) is 0 Å². The van der Waals surface area contributed by atoms with Crippen LogP contribution < -0.4 is 5.73 Å². The van der Waals surface area contributed by atoms with E-state index in [1.807, 2.05) is 0 Å². The summed E-state index contributed by atoms with van der Waals surface area (Å²) in [5.41, 5.74) is 7.27. The van der Waals surface area contributed by atoms with E-state index in [-0.39, 0.29) is 5.02 Å². The van der Waals surface area contributed by atoms with Gasteiger partial charge in [0.15, 0.2) is 0 Å². The average molecular weight is 260 g/mol. The van der Waals surface area contributed by atoms with E-state index in [0.29, 0.717) is 17.2 Å². The molecule has 0 aliphatic heterocycles. The zero-order chi connectivity index (χ0) is 12.1. The van der Waals surface area contributed by atoms with E-state index in [9.17, 15) is 4.39 Å². The van der Waals surface area contributed by atoms with Crippen LogP contribution in [-0.4, -0.2) is 0 Å². The minimum Gasteiger partial charge on any atom is -0.402 e. The van der Waals surface area contributed by atoms with E-state index in [2.05, 4.69) is 0 Å². The summed E-state index contributed by atoms with van der Waals surface area (Å²) >= 11 is 11.3. The highest BCUT2D eigenvalue weighted by molar-refractivity contribution is 6.30. The second-order valence-corrected chi connectivity index (χ2v) is 4.42. The SMILES string of the molecule is C/C(Cl)=C\C=C(/N)Cc1ccc(F)c(Cl)c1. The molecule has 86 valence electrons. The lowest BCUT2D eigenvalue weighted by molar-refractivity contribution is 0.627. The molecule has 1 aromatic carbocycles. The number of benzene rings is 1. The Kier molecular flexibility index (Phi) is 4.84. The first-order valence-electron chi connectivity index (χ1n) is 4.71. The summed E-state index contributed by atoms with van der Waals surface area (Å²) in [5, 5.41) is 0.759. The van der Waals surface area contributed by atoms with Gasteiger partial charge in [0.25, 0.3) is 0 Å². The van der Waals surface area contributed by atoms with Crippen molar-refractivity contribution in [1.29, 1.82) is 0 Å². The van der Waals surface area contributed by atoms with Crippen molar-refractivity contribution < 1.29 is 4.39 Å². The lowest BCUT2D eigenvalue weighted by Crippen LogP contribution is -2.01. The minimum atomic E-state index is -0.426. The Balaban J connectivity index is 2.77. The van der Waals surface area contributed by atoms with Crippen molar-refractivity contribution in [3.05, 3.63) is 57.5 Å². The highest BCUT2D eigenvalue weighted by Gasteiger charge is 2.01. The predicted octanol–water partition coefficient (Wildman–Crippen LogP) is 4.01. The van der Waals surface area contributed by atoms with Crippen molar-refractivity contribution in [1.82, 2.24) is 0 Å². The van der Waals surface area contributed by atoms with Crippen molar-refractivity contribution >= 4 is 23.2 Å². The molecule has 0 atom stereocenters. The number of hydrogen-bond acceptors (Lipinski definition) is 1. The fraction of sp³-hybridized carbons (Fsp3) is 0.167. The molecule has 1 aromatic rings. The average Bonchev–Trinajstić information content (AvgIpc) is 2.21. The van der Waals surface area contributed by atoms with Crippen LogP contribution in [0.15, 0.2) is 41.1 Å². The van der Waals surface area contributed by atoms with E-state index in [1.165, 1.54) is 6.07 Å². The molecule has 1 rings (SSSR count). The van der Waals surface area contributed by atoms with Crippen molar-refractivity contribution in [2.45, 2.75) is 13.3 Å². The van der Waals surface area contributed by atoms with Gasteiger partial charge in [-0.1, -0.05) is 29.3 Å². The third-order valence-electron chi connectivity index (χ3n) is 1.92. The molecule has 1 nitrogen and oxygen atoms in total. The van der Waals surface area contributed by atoms with Crippen LogP contribution in [0.5, 0.6) is 0 Å². The number of hydrogen-bond donors (Lipinski definition) is 1. The fourth-order valence-corrected chi connectivity index (χ4v) is 1.43. The Labute approximate surface area is 104 Å². The van der Waals surface area contributed by atoms with Gasteiger partial charge in [-0.3, -0.25) is 0 Å². The van der Waals surface area contributed by atoms with Gasteiger partial charge in [0.05, 0.1) is 5.02 Å². The van der Waals surface area contributed by atoms with E-state index in [0.717, 1.165) is 5.56 Å². The van der Waals surface area contributed by atoms with Crippen molar-refractivity contribution in [3.63, 3.8) is 0 Å². The molecule has 2 N–H and O–H groups in total. The molecule has 0 aliphatic carbocycles. The first-order chi connectivity index (χ1) is 7.49. The summed E-state index contributed by atoms with van der Waals surface area (Å²) in [6, 6.07) is 4.54. The molecule has 0 spiro atoms. The van der Waals surface area contributed by atoms with E-state index in [1.54, 1.807) is 31.2 Å². The third kappa shape index (κ3) is 4.25. The molecular formula is C12H12Cl2FN. The van der Waals surface area contributed by atoms with Gasteiger partial charge in [0.2, 0.25) is 0 Å². The van der Waals surface area contributed by atoms with Gasteiger partial charge >= 0.3 is 0 Å². The molecule has 0 saturated carbocycles. The Morgan fingerprint density at radius 2 is 2.12 bits per heavy atom. The number of nitrogens with two attached hydrogens (primary N) is 1. The molecule has 4 heteroatoms. The van der Waals surface area contributed by atoms with Gasteiger partial charge in [0, 0.05) is 17.2 Å². The number of halogens is 3. The Morgan fingerprint density at radius 3 is 2.69 bits per heavy atom. The van der Waals surface area contributed by atoms with Crippen molar-refractivity contribution in [2.24, 2.45) is 5.73 Å². The van der Waals surface area contributed by atoms with Gasteiger partial charge in [-0.05, 0) is 36.8 Å². The van der Waals surface area contributed by atoms with Gasteiger partial charge in [0.1, 0.15) is 5.82 Å². The zero-order valence-electron chi connectivity index (χ0n) is 8.81.